The molecule has 2 aromatic carbocycles. The van der Waals surface area contributed by atoms with E-state index in [1.54, 1.807) is 0 Å². The highest BCUT2D eigenvalue weighted by Gasteiger charge is 2.12. The average molecular weight is 465 g/mol. The minimum atomic E-state index is -0.295. The Hall–Kier alpha value is -3.94. The van der Waals surface area contributed by atoms with E-state index < -0.39 is 0 Å². The van der Waals surface area contributed by atoms with Crippen LogP contribution < -0.4 is 10.6 Å². The number of ketones is 4. The van der Waals surface area contributed by atoms with E-state index in [2.05, 4.69) is 10.6 Å². The molecule has 34 heavy (non-hydrogen) atoms. The molecule has 8 nitrogen and oxygen atoms in total. The third-order valence-electron chi connectivity index (χ3n) is 5.12. The first-order valence-electron chi connectivity index (χ1n) is 10.9. The largest absolute Gasteiger partial charge is 0.326 e. The van der Waals surface area contributed by atoms with Crippen molar-refractivity contribution in [3.63, 3.8) is 0 Å². The van der Waals surface area contributed by atoms with Crippen molar-refractivity contribution in [2.75, 3.05) is 10.6 Å². The highest BCUT2D eigenvalue weighted by atomic mass is 16.2. The van der Waals surface area contributed by atoms with Gasteiger partial charge in [0.2, 0.25) is 11.8 Å². The molecule has 0 atom stereocenters. The molecule has 2 aromatic rings. The van der Waals surface area contributed by atoms with Crippen molar-refractivity contribution in [3.8, 4) is 0 Å². The van der Waals surface area contributed by atoms with E-state index in [1.807, 2.05) is 0 Å². The quantitative estimate of drug-likeness (QED) is 0.369. The number of unbranched alkanes of at least 4 members (excludes halogenated alkanes) is 1. The van der Waals surface area contributed by atoms with Crippen LogP contribution in [0.1, 0.15) is 94.8 Å². The van der Waals surface area contributed by atoms with Crippen LogP contribution in [0.4, 0.5) is 11.4 Å². The third kappa shape index (κ3) is 7.88. The van der Waals surface area contributed by atoms with Crippen molar-refractivity contribution in [1.29, 1.82) is 0 Å². The number of hydrogen-bond acceptors (Lipinski definition) is 6. The monoisotopic (exact) mass is 464 g/mol. The van der Waals surface area contributed by atoms with Crippen LogP contribution in [0.5, 0.6) is 0 Å². The molecule has 0 aliphatic rings. The van der Waals surface area contributed by atoms with Crippen LogP contribution in [0.15, 0.2) is 36.4 Å². The second kappa shape index (κ2) is 11.8. The molecule has 2 rings (SSSR count). The molecule has 0 unspecified atom stereocenters. The van der Waals surface area contributed by atoms with Gasteiger partial charge in [0, 0.05) is 46.5 Å². The summed E-state index contributed by atoms with van der Waals surface area (Å²) in [4.78, 5) is 71.2. The first-order chi connectivity index (χ1) is 16.0. The predicted molar refractivity (Wildman–Crippen MR) is 129 cm³/mol. The molecule has 8 heteroatoms. The molecule has 0 aromatic heterocycles. The number of Topliss-reactive ketones (excluding diaryl/α,β-unsaturated/α-hetero) is 4. The predicted octanol–water partition coefficient (Wildman–Crippen LogP) is 4.63. The molecule has 0 saturated heterocycles. The Bertz CT molecular complexity index is 1010. The summed E-state index contributed by atoms with van der Waals surface area (Å²) in [6.07, 6.45) is 1.19. The normalized spacial score (nSPS) is 10.4. The van der Waals surface area contributed by atoms with Gasteiger partial charge in [-0.15, -0.1) is 0 Å². The smallest absolute Gasteiger partial charge is 0.224 e. The summed E-state index contributed by atoms with van der Waals surface area (Å²) >= 11 is 0. The van der Waals surface area contributed by atoms with Crippen molar-refractivity contribution in [1.82, 2.24) is 0 Å². The van der Waals surface area contributed by atoms with E-state index in [0.717, 1.165) is 0 Å². The van der Waals surface area contributed by atoms with Crippen LogP contribution in [0.2, 0.25) is 0 Å². The number of carbonyl (C=O) groups excluding carboxylic acids is 6. The molecule has 0 spiro atoms. The van der Waals surface area contributed by atoms with Crippen LogP contribution in [-0.2, 0) is 9.59 Å². The fourth-order valence-electron chi connectivity index (χ4n) is 3.23. The number of benzene rings is 2. The molecule has 0 aliphatic carbocycles. The highest BCUT2D eigenvalue weighted by molar-refractivity contribution is 6.03. The van der Waals surface area contributed by atoms with Gasteiger partial charge >= 0.3 is 0 Å². The summed E-state index contributed by atoms with van der Waals surface area (Å²) in [5.41, 5.74) is 2.07. The highest BCUT2D eigenvalue weighted by Crippen LogP contribution is 2.19. The van der Waals surface area contributed by atoms with E-state index in [1.165, 1.54) is 64.1 Å². The molecule has 2 N–H and O–H groups in total. The Balaban J connectivity index is 1.88. The Morgan fingerprint density at radius 3 is 1.00 bits per heavy atom. The van der Waals surface area contributed by atoms with Gasteiger partial charge in [0.05, 0.1) is 0 Å². The SMILES string of the molecule is CC(=O)c1cc(NC(=O)CCCCC(=O)Nc2cc(C(C)=O)cc(C(C)=O)c2)cc(C(C)=O)c1. The fraction of sp³-hybridized carbons (Fsp3) is 0.308. The van der Waals surface area contributed by atoms with Gasteiger partial charge in [0.15, 0.2) is 23.1 Å². The van der Waals surface area contributed by atoms with Gasteiger partial charge in [0.25, 0.3) is 0 Å². The minimum Gasteiger partial charge on any atom is -0.326 e. The summed E-state index contributed by atoms with van der Waals surface area (Å²) in [6.45, 7) is 5.53. The first kappa shape index (κ1) is 26.3. The lowest BCUT2D eigenvalue weighted by molar-refractivity contribution is -0.118. The maximum Gasteiger partial charge on any atom is 0.224 e. The van der Waals surface area contributed by atoms with E-state index in [9.17, 15) is 28.8 Å². The molecule has 0 bridgehead atoms. The average Bonchev–Trinajstić information content (AvgIpc) is 2.76. The lowest BCUT2D eigenvalue weighted by atomic mass is 10.0. The van der Waals surface area contributed by atoms with Crippen LogP contribution in [0, 0.1) is 0 Å². The van der Waals surface area contributed by atoms with Crippen molar-refractivity contribution in [2.45, 2.75) is 53.4 Å². The van der Waals surface area contributed by atoms with Crippen LogP contribution in [0.25, 0.3) is 0 Å². The number of hydrogen-bond donors (Lipinski definition) is 2. The van der Waals surface area contributed by atoms with E-state index in [0.29, 0.717) is 46.5 Å². The molecular formula is C26H28N2O6. The topological polar surface area (TPSA) is 126 Å². The van der Waals surface area contributed by atoms with Gasteiger partial charge in [-0.25, -0.2) is 0 Å². The van der Waals surface area contributed by atoms with Gasteiger partial charge in [-0.1, -0.05) is 0 Å². The summed E-state index contributed by atoms with van der Waals surface area (Å²) in [6, 6.07) is 9.05. The minimum absolute atomic E-state index is 0.154. The lowest BCUT2D eigenvalue weighted by Crippen LogP contribution is -2.14. The van der Waals surface area contributed by atoms with Crippen LogP contribution >= 0.6 is 0 Å². The van der Waals surface area contributed by atoms with Gasteiger partial charge in [-0.2, -0.15) is 0 Å². The summed E-state index contributed by atoms with van der Waals surface area (Å²) in [5, 5.41) is 5.37. The number of anilines is 2. The molecule has 0 radical (unpaired) electrons. The van der Waals surface area contributed by atoms with E-state index in [-0.39, 0.29) is 47.8 Å². The number of amides is 2. The molecule has 2 amide bonds. The van der Waals surface area contributed by atoms with E-state index >= 15 is 0 Å². The second-order valence-corrected chi connectivity index (χ2v) is 8.13. The Labute approximate surface area is 198 Å². The third-order valence-corrected chi connectivity index (χ3v) is 5.12. The zero-order chi connectivity index (χ0) is 25.4. The van der Waals surface area contributed by atoms with Crippen molar-refractivity contribution in [2.24, 2.45) is 0 Å². The van der Waals surface area contributed by atoms with Gasteiger partial charge in [-0.3, -0.25) is 28.8 Å². The Morgan fingerprint density at radius 1 is 0.500 bits per heavy atom. The molecule has 0 fully saturated rings. The zero-order valence-electron chi connectivity index (χ0n) is 19.7. The lowest BCUT2D eigenvalue weighted by Gasteiger charge is -2.10. The maximum atomic E-state index is 12.3. The number of nitrogens with one attached hydrogen (secondary N) is 2. The summed E-state index contributed by atoms with van der Waals surface area (Å²) < 4.78 is 0. The maximum absolute atomic E-state index is 12.3. The molecule has 178 valence electrons. The zero-order valence-corrected chi connectivity index (χ0v) is 19.7. The Morgan fingerprint density at radius 2 is 0.765 bits per heavy atom. The summed E-state index contributed by atoms with van der Waals surface area (Å²) in [7, 11) is 0. The number of carbonyl (C=O) groups is 6. The first-order valence-corrected chi connectivity index (χ1v) is 10.9. The molecule has 0 aliphatic heterocycles. The van der Waals surface area contributed by atoms with Gasteiger partial charge in [0.1, 0.15) is 0 Å². The van der Waals surface area contributed by atoms with Crippen molar-refractivity contribution in [3.05, 3.63) is 58.7 Å². The molecule has 0 heterocycles. The van der Waals surface area contributed by atoms with Crippen molar-refractivity contribution < 1.29 is 28.8 Å². The van der Waals surface area contributed by atoms with Gasteiger partial charge in [-0.05, 0) is 76.9 Å². The van der Waals surface area contributed by atoms with Crippen LogP contribution in [-0.4, -0.2) is 34.9 Å². The Kier molecular flexibility index (Phi) is 9.12. The van der Waals surface area contributed by atoms with E-state index in [4.69, 9.17) is 0 Å². The second-order valence-electron chi connectivity index (χ2n) is 8.13. The fourth-order valence-corrected chi connectivity index (χ4v) is 3.23. The van der Waals surface area contributed by atoms with Gasteiger partial charge < -0.3 is 10.6 Å². The molecule has 0 saturated carbocycles. The van der Waals surface area contributed by atoms with Crippen molar-refractivity contribution >= 4 is 46.3 Å². The molecular weight excluding hydrogens is 436 g/mol. The standard InChI is InChI=1S/C26H28N2O6/c1-15(29)19-9-20(16(2)30)12-23(11-19)27-25(33)7-5-6-8-26(34)28-24-13-21(17(3)31)10-22(14-24)18(4)32/h9-14H,5-8H2,1-4H3,(H,27,33)(H,28,34). The van der Waals surface area contributed by atoms with Crippen LogP contribution in [0.3, 0.4) is 0 Å². The number of rotatable bonds is 11. The summed E-state index contributed by atoms with van der Waals surface area (Å²) in [5.74, 6) is -1.45.